The second kappa shape index (κ2) is 6.44. The Morgan fingerprint density at radius 3 is 2.20 bits per heavy atom. The van der Waals surface area contributed by atoms with Crippen molar-refractivity contribution < 1.29 is 14.7 Å². The van der Waals surface area contributed by atoms with E-state index >= 15 is 0 Å². The number of phenolic OH excluding ortho intramolecular Hbond substituents is 1. The Bertz CT molecular complexity index is 963. The van der Waals surface area contributed by atoms with E-state index in [1.165, 1.54) is 10.8 Å². The molecule has 3 aromatic carbocycles. The standard InChI is InChI=1S/C19H13Br2NO3/c20-14-7-8-15(21)18(23)17(14)19(24)25-22-9-12-5-1-3-11-4-2-6-13(10-22)16(11)12/h1-8,23H,9-10H2. The molecule has 6 heteroatoms. The molecule has 1 aliphatic rings. The molecule has 0 saturated heterocycles. The Balaban J connectivity index is 1.63. The normalized spacial score (nSPS) is 13.8. The summed E-state index contributed by atoms with van der Waals surface area (Å²) in [5.41, 5.74) is 2.33. The molecule has 0 unspecified atom stereocenters. The summed E-state index contributed by atoms with van der Waals surface area (Å²) in [4.78, 5) is 18.2. The van der Waals surface area contributed by atoms with E-state index in [9.17, 15) is 9.90 Å². The van der Waals surface area contributed by atoms with Crippen molar-refractivity contribution in [2.24, 2.45) is 0 Å². The lowest BCUT2D eigenvalue weighted by Gasteiger charge is -2.27. The van der Waals surface area contributed by atoms with E-state index in [2.05, 4.69) is 44.0 Å². The largest absolute Gasteiger partial charge is 0.506 e. The lowest BCUT2D eigenvalue weighted by atomic mass is 9.96. The van der Waals surface area contributed by atoms with Crippen LogP contribution in [0.3, 0.4) is 0 Å². The highest BCUT2D eigenvalue weighted by Gasteiger charge is 2.25. The van der Waals surface area contributed by atoms with Gasteiger partial charge < -0.3 is 9.94 Å². The fraction of sp³-hybridized carbons (Fsp3) is 0.105. The maximum Gasteiger partial charge on any atom is 0.362 e. The molecule has 1 aliphatic heterocycles. The Morgan fingerprint density at radius 2 is 1.56 bits per heavy atom. The highest BCUT2D eigenvalue weighted by Crippen LogP contribution is 2.35. The summed E-state index contributed by atoms with van der Waals surface area (Å²) in [6, 6.07) is 15.6. The third-order valence-corrected chi connectivity index (χ3v) is 5.57. The molecule has 4 rings (SSSR count). The molecule has 3 aromatic rings. The summed E-state index contributed by atoms with van der Waals surface area (Å²) in [6.45, 7) is 1.01. The number of halogens is 2. The molecule has 0 amide bonds. The molecule has 25 heavy (non-hydrogen) atoms. The van der Waals surface area contributed by atoms with Crippen LogP contribution in [0.25, 0.3) is 10.8 Å². The third kappa shape index (κ3) is 2.94. The first kappa shape index (κ1) is 16.6. The molecule has 0 saturated carbocycles. The van der Waals surface area contributed by atoms with Gasteiger partial charge in [0.05, 0.1) is 17.6 Å². The molecule has 0 spiro atoms. The molecule has 0 fully saturated rings. The number of hydroxylamine groups is 2. The van der Waals surface area contributed by atoms with Crippen LogP contribution in [0.4, 0.5) is 0 Å². The predicted molar refractivity (Wildman–Crippen MR) is 102 cm³/mol. The first-order valence-corrected chi connectivity index (χ1v) is 9.27. The van der Waals surface area contributed by atoms with Crippen molar-refractivity contribution >= 4 is 48.6 Å². The number of hydrogen-bond donors (Lipinski definition) is 1. The molecule has 0 radical (unpaired) electrons. The number of rotatable bonds is 2. The van der Waals surface area contributed by atoms with Gasteiger partial charge in [-0.25, -0.2) is 4.79 Å². The Hall–Kier alpha value is -1.89. The minimum absolute atomic E-state index is 0.103. The summed E-state index contributed by atoms with van der Waals surface area (Å²) in [5, 5.41) is 14.2. The average Bonchev–Trinajstić information content (AvgIpc) is 2.59. The summed E-state index contributed by atoms with van der Waals surface area (Å²) in [5.74, 6) is -0.740. The van der Waals surface area contributed by atoms with Crippen LogP contribution >= 0.6 is 31.9 Å². The molecular formula is C19H13Br2NO3. The maximum atomic E-state index is 12.6. The van der Waals surface area contributed by atoms with Gasteiger partial charge in [-0.05, 0) is 65.9 Å². The number of benzene rings is 3. The Labute approximate surface area is 161 Å². The summed E-state index contributed by atoms with van der Waals surface area (Å²) < 4.78 is 0.925. The van der Waals surface area contributed by atoms with Crippen LogP contribution in [0.2, 0.25) is 0 Å². The van der Waals surface area contributed by atoms with Crippen molar-refractivity contribution in [1.82, 2.24) is 5.06 Å². The maximum absolute atomic E-state index is 12.6. The van der Waals surface area contributed by atoms with Gasteiger partial charge in [-0.3, -0.25) is 0 Å². The molecule has 1 heterocycles. The fourth-order valence-corrected chi connectivity index (χ4v) is 3.98. The van der Waals surface area contributed by atoms with Gasteiger partial charge >= 0.3 is 5.97 Å². The van der Waals surface area contributed by atoms with Crippen LogP contribution in [-0.4, -0.2) is 16.1 Å². The topological polar surface area (TPSA) is 49.8 Å². The van der Waals surface area contributed by atoms with Crippen LogP contribution in [0, 0.1) is 0 Å². The number of hydrogen-bond acceptors (Lipinski definition) is 4. The Morgan fingerprint density at radius 1 is 0.960 bits per heavy atom. The number of aromatic hydroxyl groups is 1. The van der Waals surface area contributed by atoms with Crippen LogP contribution in [0.5, 0.6) is 5.75 Å². The van der Waals surface area contributed by atoms with Gasteiger partial charge in [0.15, 0.2) is 0 Å². The van der Waals surface area contributed by atoms with Crippen molar-refractivity contribution in [3.63, 3.8) is 0 Å². The molecule has 0 bridgehead atoms. The molecule has 126 valence electrons. The summed E-state index contributed by atoms with van der Waals surface area (Å²) in [6.07, 6.45) is 0. The smallest absolute Gasteiger partial charge is 0.362 e. The van der Waals surface area contributed by atoms with Crippen LogP contribution in [0.15, 0.2) is 57.5 Å². The zero-order valence-electron chi connectivity index (χ0n) is 13.0. The summed E-state index contributed by atoms with van der Waals surface area (Å²) in [7, 11) is 0. The van der Waals surface area contributed by atoms with Crippen molar-refractivity contribution in [2.75, 3.05) is 0 Å². The fourth-order valence-electron chi connectivity index (χ4n) is 3.16. The second-order valence-corrected chi connectivity index (χ2v) is 7.57. The van der Waals surface area contributed by atoms with Gasteiger partial charge in [0.25, 0.3) is 0 Å². The van der Waals surface area contributed by atoms with E-state index < -0.39 is 5.97 Å². The average molecular weight is 463 g/mol. The van der Waals surface area contributed by atoms with Crippen molar-refractivity contribution in [3.05, 3.63) is 74.2 Å². The first-order valence-electron chi connectivity index (χ1n) is 7.68. The van der Waals surface area contributed by atoms with Gasteiger partial charge in [-0.15, -0.1) is 5.06 Å². The van der Waals surface area contributed by atoms with Crippen LogP contribution < -0.4 is 0 Å². The lowest BCUT2D eigenvalue weighted by Crippen LogP contribution is -2.29. The van der Waals surface area contributed by atoms with E-state index in [0.29, 0.717) is 22.0 Å². The zero-order chi connectivity index (χ0) is 17.6. The van der Waals surface area contributed by atoms with Gasteiger partial charge in [-0.1, -0.05) is 36.4 Å². The van der Waals surface area contributed by atoms with E-state index in [-0.39, 0.29) is 11.3 Å². The van der Waals surface area contributed by atoms with Crippen molar-refractivity contribution in [2.45, 2.75) is 13.1 Å². The molecule has 0 aromatic heterocycles. The molecule has 0 atom stereocenters. The van der Waals surface area contributed by atoms with E-state index in [1.807, 2.05) is 24.3 Å². The minimum atomic E-state index is -0.600. The van der Waals surface area contributed by atoms with Crippen LogP contribution in [-0.2, 0) is 17.9 Å². The predicted octanol–water partition coefficient (Wildman–Crippen LogP) is 5.16. The highest BCUT2D eigenvalue weighted by atomic mass is 79.9. The number of nitrogens with zero attached hydrogens (tertiary/aromatic N) is 1. The van der Waals surface area contributed by atoms with E-state index in [4.69, 9.17) is 4.84 Å². The Kier molecular flexibility index (Phi) is 4.27. The molecular weight excluding hydrogens is 450 g/mol. The second-order valence-electron chi connectivity index (χ2n) is 5.86. The van der Waals surface area contributed by atoms with Gasteiger partial charge in [0, 0.05) is 4.47 Å². The minimum Gasteiger partial charge on any atom is -0.506 e. The number of carbonyl (C=O) groups is 1. The quantitative estimate of drug-likeness (QED) is 0.571. The third-order valence-electron chi connectivity index (χ3n) is 4.26. The molecule has 1 N–H and O–H groups in total. The van der Waals surface area contributed by atoms with Crippen molar-refractivity contribution in [3.8, 4) is 5.75 Å². The van der Waals surface area contributed by atoms with E-state index in [1.54, 1.807) is 17.2 Å². The summed E-state index contributed by atoms with van der Waals surface area (Å²) >= 11 is 6.52. The first-order chi connectivity index (χ1) is 12.0. The van der Waals surface area contributed by atoms with Crippen LogP contribution in [0.1, 0.15) is 21.5 Å². The molecule has 0 aliphatic carbocycles. The SMILES string of the molecule is O=C(ON1Cc2cccc3cccc(c23)C1)c1c(Br)ccc(Br)c1O. The van der Waals surface area contributed by atoms with Gasteiger partial charge in [0.2, 0.25) is 0 Å². The lowest BCUT2D eigenvalue weighted by molar-refractivity contribution is -0.125. The van der Waals surface area contributed by atoms with Gasteiger partial charge in [-0.2, -0.15) is 0 Å². The monoisotopic (exact) mass is 461 g/mol. The van der Waals surface area contributed by atoms with Gasteiger partial charge in [0.1, 0.15) is 11.3 Å². The van der Waals surface area contributed by atoms with Crippen molar-refractivity contribution in [1.29, 1.82) is 0 Å². The zero-order valence-corrected chi connectivity index (χ0v) is 16.2. The van der Waals surface area contributed by atoms with E-state index in [0.717, 1.165) is 11.1 Å². The highest BCUT2D eigenvalue weighted by molar-refractivity contribution is 9.11. The number of phenols is 1. The number of carbonyl (C=O) groups excluding carboxylic acids is 1. The molecule has 4 nitrogen and oxygen atoms in total.